The second-order valence-electron chi connectivity index (χ2n) is 11.0. The van der Waals surface area contributed by atoms with Gasteiger partial charge in [0.15, 0.2) is 0 Å². The number of nitrogens with one attached hydrogen (secondary N) is 1. The molecule has 2 aromatic carbocycles. The standard InChI is InChI=1S/C29H32F2N3O5PS/c1-28(2,3)25(33-24(35)16-13-19-11-14-21(15-12-19)29(30,31)40(37,38)39)27(36)34-17-7-10-23(34)26-32-22(18-41-26)20-8-5-4-6-9-20/h4-6,8-9,11-16,18,23,25H,7,10,17H2,1-3H3,(H,33,35)(H2,37,38,39)/b16-13+/t23-,25?/m0/s1. The molecule has 1 aromatic heterocycles. The first-order chi connectivity index (χ1) is 19.2. The van der Waals surface area contributed by atoms with Crippen molar-refractivity contribution >= 4 is 36.8 Å². The van der Waals surface area contributed by atoms with Gasteiger partial charge in [0.2, 0.25) is 11.8 Å². The van der Waals surface area contributed by atoms with Crippen LogP contribution in [0.1, 0.15) is 55.8 Å². The summed E-state index contributed by atoms with van der Waals surface area (Å²) in [5.41, 5.74) is -3.54. The van der Waals surface area contributed by atoms with Gasteiger partial charge in [0, 0.05) is 29.1 Å². The lowest BCUT2D eigenvalue weighted by atomic mass is 9.85. The molecule has 0 bridgehead atoms. The number of thiazole rings is 1. The zero-order chi connectivity index (χ0) is 30.0. The molecular formula is C29H32F2N3O5PS. The van der Waals surface area contributed by atoms with E-state index in [1.807, 2.05) is 56.5 Å². The van der Waals surface area contributed by atoms with Crippen molar-refractivity contribution in [1.82, 2.24) is 15.2 Å². The third-order valence-corrected chi connectivity index (χ3v) is 8.80. The van der Waals surface area contributed by atoms with Crippen LogP contribution in [-0.2, 0) is 19.8 Å². The Hall–Kier alpha value is -3.24. The van der Waals surface area contributed by atoms with Gasteiger partial charge in [-0.15, -0.1) is 11.3 Å². The summed E-state index contributed by atoms with van der Waals surface area (Å²) >= 11 is 1.51. The van der Waals surface area contributed by atoms with Gasteiger partial charge in [-0.3, -0.25) is 14.2 Å². The number of hydrogen-bond donors (Lipinski definition) is 3. The van der Waals surface area contributed by atoms with Gasteiger partial charge in [0.25, 0.3) is 0 Å². The van der Waals surface area contributed by atoms with Crippen LogP contribution in [0, 0.1) is 5.41 Å². The van der Waals surface area contributed by atoms with Crippen LogP contribution in [-0.4, -0.2) is 44.1 Å². The number of benzene rings is 2. The van der Waals surface area contributed by atoms with E-state index >= 15 is 0 Å². The topological polar surface area (TPSA) is 120 Å². The van der Waals surface area contributed by atoms with Crippen LogP contribution in [0.15, 0.2) is 66.1 Å². The number of carbonyl (C=O) groups is 2. The van der Waals surface area contributed by atoms with Crippen LogP contribution in [0.4, 0.5) is 8.78 Å². The molecule has 3 aromatic rings. The monoisotopic (exact) mass is 603 g/mol. The van der Waals surface area contributed by atoms with E-state index in [0.29, 0.717) is 12.1 Å². The molecule has 2 amide bonds. The maximum atomic E-state index is 13.9. The quantitative estimate of drug-likeness (QED) is 0.216. The average molecular weight is 604 g/mol. The summed E-state index contributed by atoms with van der Waals surface area (Å²) in [6.45, 7) is 6.14. The summed E-state index contributed by atoms with van der Waals surface area (Å²) < 4.78 is 38.9. The van der Waals surface area contributed by atoms with Crippen molar-refractivity contribution in [1.29, 1.82) is 0 Å². The van der Waals surface area contributed by atoms with Gasteiger partial charge in [0.1, 0.15) is 11.0 Å². The molecule has 1 saturated heterocycles. The van der Waals surface area contributed by atoms with E-state index in [-0.39, 0.29) is 11.9 Å². The Balaban J connectivity index is 1.46. The molecule has 0 aliphatic carbocycles. The van der Waals surface area contributed by atoms with Crippen molar-refractivity contribution in [2.45, 2.75) is 51.4 Å². The molecule has 1 aliphatic rings. The number of nitrogens with zero attached hydrogens (tertiary/aromatic N) is 2. The summed E-state index contributed by atoms with van der Waals surface area (Å²) in [6, 6.07) is 13.0. The van der Waals surface area contributed by atoms with Crippen molar-refractivity contribution in [2.75, 3.05) is 6.54 Å². The lowest BCUT2D eigenvalue weighted by molar-refractivity contribution is -0.139. The van der Waals surface area contributed by atoms with Gasteiger partial charge >= 0.3 is 13.3 Å². The molecule has 3 N–H and O–H groups in total. The molecule has 0 spiro atoms. The summed E-state index contributed by atoms with van der Waals surface area (Å²) in [4.78, 5) is 51.1. The normalized spacial score (nSPS) is 17.1. The maximum Gasteiger partial charge on any atom is 0.399 e. The van der Waals surface area contributed by atoms with Gasteiger partial charge in [-0.1, -0.05) is 75.4 Å². The molecule has 4 rings (SSSR count). The molecule has 1 unspecified atom stereocenters. The third-order valence-electron chi connectivity index (χ3n) is 6.86. The molecule has 2 atom stereocenters. The van der Waals surface area contributed by atoms with Crippen LogP contribution < -0.4 is 5.32 Å². The molecule has 2 heterocycles. The predicted molar refractivity (Wildman–Crippen MR) is 154 cm³/mol. The lowest BCUT2D eigenvalue weighted by Crippen LogP contribution is -2.54. The zero-order valence-electron chi connectivity index (χ0n) is 22.8. The zero-order valence-corrected chi connectivity index (χ0v) is 24.5. The minimum Gasteiger partial charge on any atom is -0.340 e. The van der Waals surface area contributed by atoms with Gasteiger partial charge < -0.3 is 20.0 Å². The van der Waals surface area contributed by atoms with Crippen molar-refractivity contribution in [2.24, 2.45) is 5.41 Å². The van der Waals surface area contributed by atoms with E-state index in [9.17, 15) is 22.9 Å². The summed E-state index contributed by atoms with van der Waals surface area (Å²) in [5.74, 6) is -0.749. The lowest BCUT2D eigenvalue weighted by Gasteiger charge is -2.35. The predicted octanol–water partition coefficient (Wildman–Crippen LogP) is 5.94. The number of likely N-dealkylation sites (tertiary alicyclic amines) is 1. The molecule has 8 nitrogen and oxygen atoms in total. The fraction of sp³-hybridized carbons (Fsp3) is 0.345. The van der Waals surface area contributed by atoms with Gasteiger partial charge in [-0.25, -0.2) is 4.98 Å². The van der Waals surface area contributed by atoms with E-state index in [1.165, 1.54) is 35.6 Å². The minimum atomic E-state index is -5.68. The van der Waals surface area contributed by atoms with Crippen LogP contribution in [0.2, 0.25) is 0 Å². The summed E-state index contributed by atoms with van der Waals surface area (Å²) in [7, 11) is -5.68. The Morgan fingerprint density at radius 1 is 1.12 bits per heavy atom. The SMILES string of the molecule is CC(C)(C)C(NC(=O)/C=C/c1ccc(C(F)(F)P(=O)(O)O)cc1)C(=O)N1CCC[C@H]1c1nc(-c2ccccc2)cs1. The Morgan fingerprint density at radius 2 is 1.78 bits per heavy atom. The largest absolute Gasteiger partial charge is 0.399 e. The van der Waals surface area contributed by atoms with E-state index in [4.69, 9.17) is 14.8 Å². The first-order valence-corrected chi connectivity index (χ1v) is 15.5. The maximum absolute atomic E-state index is 13.9. The number of halogens is 2. The molecule has 0 radical (unpaired) electrons. The Bertz CT molecular complexity index is 1470. The molecular weight excluding hydrogens is 571 g/mol. The fourth-order valence-electron chi connectivity index (χ4n) is 4.61. The van der Waals surface area contributed by atoms with Gasteiger partial charge in [-0.05, 0) is 29.9 Å². The van der Waals surface area contributed by atoms with Gasteiger partial charge in [-0.2, -0.15) is 8.78 Å². The van der Waals surface area contributed by atoms with Crippen LogP contribution >= 0.6 is 18.9 Å². The first kappa shape index (κ1) is 30.7. The highest BCUT2D eigenvalue weighted by Gasteiger charge is 2.50. The Morgan fingerprint density at radius 3 is 2.39 bits per heavy atom. The molecule has 41 heavy (non-hydrogen) atoms. The minimum absolute atomic E-state index is 0.188. The van der Waals surface area contributed by atoms with E-state index in [1.54, 1.807) is 4.90 Å². The fourth-order valence-corrected chi connectivity index (χ4v) is 6.07. The number of rotatable bonds is 8. The highest BCUT2D eigenvalue weighted by atomic mass is 32.1. The van der Waals surface area contributed by atoms with E-state index in [0.717, 1.165) is 41.2 Å². The summed E-state index contributed by atoms with van der Waals surface area (Å²) in [6.07, 6.45) is 4.16. The molecule has 1 fully saturated rings. The molecule has 12 heteroatoms. The van der Waals surface area contributed by atoms with Crippen LogP contribution in [0.25, 0.3) is 17.3 Å². The smallest absolute Gasteiger partial charge is 0.340 e. The second-order valence-corrected chi connectivity index (χ2v) is 13.5. The Labute approximate surface area is 241 Å². The molecule has 0 saturated carbocycles. The molecule has 1 aliphatic heterocycles. The summed E-state index contributed by atoms with van der Waals surface area (Å²) in [5, 5.41) is 5.64. The number of hydrogen-bond acceptors (Lipinski definition) is 5. The number of amides is 2. The third kappa shape index (κ3) is 6.98. The highest BCUT2D eigenvalue weighted by Crippen LogP contribution is 2.59. The van der Waals surface area contributed by atoms with Crippen LogP contribution in [0.3, 0.4) is 0 Å². The van der Waals surface area contributed by atoms with Crippen molar-refractivity contribution in [3.8, 4) is 11.3 Å². The first-order valence-electron chi connectivity index (χ1n) is 13.0. The number of carbonyl (C=O) groups excluding carboxylic acids is 2. The van der Waals surface area contributed by atoms with Gasteiger partial charge in [0.05, 0.1) is 11.7 Å². The van der Waals surface area contributed by atoms with E-state index < -0.39 is 36.2 Å². The van der Waals surface area contributed by atoms with E-state index in [2.05, 4.69) is 5.32 Å². The van der Waals surface area contributed by atoms with Crippen molar-refractivity contribution in [3.63, 3.8) is 0 Å². The Kier molecular flexibility index (Phi) is 8.94. The van der Waals surface area contributed by atoms with Crippen LogP contribution in [0.5, 0.6) is 0 Å². The highest BCUT2D eigenvalue weighted by molar-refractivity contribution is 7.52. The van der Waals surface area contributed by atoms with Crippen molar-refractivity contribution in [3.05, 3.63) is 82.2 Å². The average Bonchev–Trinajstić information content (AvgIpc) is 3.60. The number of alkyl halides is 2. The number of aromatic nitrogens is 1. The second kappa shape index (κ2) is 11.9. The molecule has 218 valence electrons. The van der Waals surface area contributed by atoms with Crippen molar-refractivity contribution < 1.29 is 32.7 Å².